The molecule has 0 radical (unpaired) electrons. The lowest BCUT2D eigenvalue weighted by Gasteiger charge is -2.09. The maximum absolute atomic E-state index is 5.36. The zero-order chi connectivity index (χ0) is 12.3. The highest BCUT2D eigenvalue weighted by atomic mass is 79.9. The van der Waals surface area contributed by atoms with E-state index >= 15 is 0 Å². The number of nitrogens with one attached hydrogen (secondary N) is 2. The van der Waals surface area contributed by atoms with Crippen molar-refractivity contribution in [2.45, 2.75) is 13.5 Å². The molecule has 0 saturated carbocycles. The molecule has 5 nitrogen and oxygen atoms in total. The lowest BCUT2D eigenvalue weighted by molar-refractivity contribution is 1.06. The van der Waals surface area contributed by atoms with Gasteiger partial charge in [0.05, 0.1) is 10.3 Å². The Morgan fingerprint density at radius 2 is 2.12 bits per heavy atom. The summed E-state index contributed by atoms with van der Waals surface area (Å²) >= 11 is 5.13. The van der Waals surface area contributed by atoms with E-state index in [1.807, 2.05) is 13.0 Å². The molecule has 0 saturated heterocycles. The van der Waals surface area contributed by atoms with Crippen molar-refractivity contribution in [3.63, 3.8) is 0 Å². The third-order valence-corrected chi connectivity index (χ3v) is 3.90. The van der Waals surface area contributed by atoms with Gasteiger partial charge in [0.2, 0.25) is 0 Å². The zero-order valence-corrected chi connectivity index (χ0v) is 11.6. The van der Waals surface area contributed by atoms with Crippen LogP contribution in [0.4, 0.5) is 11.6 Å². The topological polar surface area (TPSA) is 75.9 Å². The summed E-state index contributed by atoms with van der Waals surface area (Å²) in [5.41, 5.74) is 3.45. The van der Waals surface area contributed by atoms with Crippen molar-refractivity contribution in [1.29, 1.82) is 0 Å². The second-order valence-electron chi connectivity index (χ2n) is 3.40. The number of rotatable bonds is 4. The molecule has 0 fully saturated rings. The van der Waals surface area contributed by atoms with E-state index in [9.17, 15) is 0 Å². The van der Waals surface area contributed by atoms with Crippen LogP contribution in [0.15, 0.2) is 22.2 Å². The summed E-state index contributed by atoms with van der Waals surface area (Å²) in [6.45, 7) is 2.65. The van der Waals surface area contributed by atoms with E-state index in [-0.39, 0.29) is 0 Å². The quantitative estimate of drug-likeness (QED) is 0.597. The van der Waals surface area contributed by atoms with E-state index in [2.05, 4.69) is 42.7 Å². The van der Waals surface area contributed by atoms with E-state index in [1.54, 1.807) is 11.3 Å². The van der Waals surface area contributed by atoms with Gasteiger partial charge in [-0.25, -0.2) is 15.8 Å². The number of halogens is 1. The molecule has 90 valence electrons. The summed E-state index contributed by atoms with van der Waals surface area (Å²) in [6.07, 6.45) is 1.48. The second kappa shape index (κ2) is 5.44. The van der Waals surface area contributed by atoms with Crippen molar-refractivity contribution in [2.24, 2.45) is 5.84 Å². The molecule has 0 aromatic carbocycles. The predicted molar refractivity (Wildman–Crippen MR) is 73.9 cm³/mol. The molecule has 0 amide bonds. The van der Waals surface area contributed by atoms with Gasteiger partial charge in [0.25, 0.3) is 0 Å². The first kappa shape index (κ1) is 12.3. The Morgan fingerprint density at radius 1 is 1.35 bits per heavy atom. The van der Waals surface area contributed by atoms with Crippen molar-refractivity contribution in [3.05, 3.63) is 32.7 Å². The summed E-state index contributed by atoms with van der Waals surface area (Å²) in [6, 6.07) is 4.10. The SMILES string of the molecule is Cc1c(NN)ncnc1NCc1ccc(Br)s1. The molecule has 7 heteroatoms. The minimum atomic E-state index is 0.634. The molecule has 0 spiro atoms. The Morgan fingerprint density at radius 3 is 2.76 bits per heavy atom. The number of nitrogens with zero attached hydrogens (tertiary/aromatic N) is 2. The van der Waals surface area contributed by atoms with Gasteiger partial charge >= 0.3 is 0 Å². The molecular formula is C10H12BrN5S. The number of aromatic nitrogens is 2. The van der Waals surface area contributed by atoms with E-state index in [0.29, 0.717) is 5.82 Å². The van der Waals surface area contributed by atoms with Crippen LogP contribution < -0.4 is 16.6 Å². The zero-order valence-electron chi connectivity index (χ0n) is 9.20. The van der Waals surface area contributed by atoms with Crippen LogP contribution in [0.1, 0.15) is 10.4 Å². The minimum absolute atomic E-state index is 0.634. The lowest BCUT2D eigenvalue weighted by Crippen LogP contribution is -2.12. The lowest BCUT2D eigenvalue weighted by atomic mass is 10.3. The van der Waals surface area contributed by atoms with Crippen LogP contribution >= 0.6 is 27.3 Å². The molecule has 0 aliphatic carbocycles. The average Bonchev–Trinajstić information content (AvgIpc) is 2.74. The largest absolute Gasteiger partial charge is 0.365 e. The minimum Gasteiger partial charge on any atom is -0.365 e. The molecule has 2 rings (SSSR count). The number of hydrazine groups is 1. The van der Waals surface area contributed by atoms with Gasteiger partial charge < -0.3 is 10.7 Å². The van der Waals surface area contributed by atoms with Crippen LogP contribution in [0.2, 0.25) is 0 Å². The molecular weight excluding hydrogens is 302 g/mol. The highest BCUT2D eigenvalue weighted by Crippen LogP contribution is 2.23. The first-order valence-corrected chi connectivity index (χ1v) is 6.58. The molecule has 2 aromatic heterocycles. The fourth-order valence-corrected chi connectivity index (χ4v) is 2.81. The van der Waals surface area contributed by atoms with E-state index in [1.165, 1.54) is 11.2 Å². The first-order chi connectivity index (χ1) is 8.20. The van der Waals surface area contributed by atoms with Crippen molar-refractivity contribution >= 4 is 38.9 Å². The van der Waals surface area contributed by atoms with Gasteiger partial charge in [-0.3, -0.25) is 0 Å². The number of thiophene rings is 1. The van der Waals surface area contributed by atoms with Crippen LogP contribution in [-0.4, -0.2) is 9.97 Å². The summed E-state index contributed by atoms with van der Waals surface area (Å²) < 4.78 is 1.12. The van der Waals surface area contributed by atoms with Crippen LogP contribution in [0, 0.1) is 6.92 Å². The fraction of sp³-hybridized carbons (Fsp3) is 0.200. The van der Waals surface area contributed by atoms with Gasteiger partial charge in [-0.2, -0.15) is 0 Å². The number of nitrogen functional groups attached to an aromatic ring is 1. The molecule has 2 aromatic rings. The fourth-order valence-electron chi connectivity index (χ4n) is 1.39. The van der Waals surface area contributed by atoms with E-state index in [0.717, 1.165) is 21.7 Å². The summed E-state index contributed by atoms with van der Waals surface area (Å²) in [5, 5.41) is 3.26. The smallest absolute Gasteiger partial charge is 0.148 e. The normalized spacial score (nSPS) is 10.3. The van der Waals surface area contributed by atoms with Crippen LogP contribution in [0.5, 0.6) is 0 Å². The van der Waals surface area contributed by atoms with E-state index in [4.69, 9.17) is 5.84 Å². The van der Waals surface area contributed by atoms with Crippen LogP contribution in [-0.2, 0) is 6.54 Å². The average molecular weight is 314 g/mol. The molecule has 0 atom stereocenters. The Balaban J connectivity index is 2.09. The molecule has 0 bridgehead atoms. The van der Waals surface area contributed by atoms with Crippen molar-refractivity contribution in [1.82, 2.24) is 9.97 Å². The van der Waals surface area contributed by atoms with E-state index < -0.39 is 0 Å². The van der Waals surface area contributed by atoms with Crippen LogP contribution in [0.25, 0.3) is 0 Å². The summed E-state index contributed by atoms with van der Waals surface area (Å²) in [4.78, 5) is 9.44. The molecule has 17 heavy (non-hydrogen) atoms. The number of anilines is 2. The van der Waals surface area contributed by atoms with Gasteiger partial charge in [-0.05, 0) is 35.0 Å². The molecule has 0 unspecified atom stereocenters. The maximum atomic E-state index is 5.36. The van der Waals surface area contributed by atoms with Gasteiger partial charge in [-0.1, -0.05) is 0 Å². The monoisotopic (exact) mass is 313 g/mol. The summed E-state index contributed by atoms with van der Waals surface area (Å²) in [5.74, 6) is 6.78. The maximum Gasteiger partial charge on any atom is 0.148 e. The van der Waals surface area contributed by atoms with Crippen molar-refractivity contribution in [3.8, 4) is 0 Å². The van der Waals surface area contributed by atoms with Gasteiger partial charge in [0.1, 0.15) is 18.0 Å². The first-order valence-electron chi connectivity index (χ1n) is 4.97. The Bertz CT molecular complexity index is 513. The molecule has 2 heterocycles. The number of hydrogen-bond acceptors (Lipinski definition) is 6. The third-order valence-electron chi connectivity index (χ3n) is 2.28. The van der Waals surface area contributed by atoms with Gasteiger partial charge in [0.15, 0.2) is 0 Å². The Kier molecular flexibility index (Phi) is 3.93. The second-order valence-corrected chi connectivity index (χ2v) is 5.95. The molecule has 4 N–H and O–H groups in total. The van der Waals surface area contributed by atoms with Crippen LogP contribution in [0.3, 0.4) is 0 Å². The Hall–Kier alpha value is -1.18. The number of nitrogens with two attached hydrogens (primary N) is 1. The third kappa shape index (κ3) is 2.93. The van der Waals surface area contributed by atoms with Crippen molar-refractivity contribution < 1.29 is 0 Å². The summed E-state index contributed by atoms with van der Waals surface area (Å²) in [7, 11) is 0. The predicted octanol–water partition coefficient (Wildman–Crippen LogP) is 2.51. The molecule has 0 aliphatic heterocycles. The standard InChI is InChI=1S/C10H12BrN5S/c1-6-9(14-5-15-10(6)16-12)13-4-7-2-3-8(11)17-7/h2-3,5H,4,12H2,1H3,(H2,13,14,15,16). The number of hydrogen-bond donors (Lipinski definition) is 3. The molecule has 0 aliphatic rings. The van der Waals surface area contributed by atoms with Gasteiger partial charge in [0, 0.05) is 10.4 Å². The van der Waals surface area contributed by atoms with Crippen molar-refractivity contribution in [2.75, 3.05) is 10.7 Å². The van der Waals surface area contributed by atoms with Gasteiger partial charge in [-0.15, -0.1) is 11.3 Å². The highest BCUT2D eigenvalue weighted by Gasteiger charge is 2.05. The Labute approximate surface area is 112 Å². The highest BCUT2D eigenvalue weighted by molar-refractivity contribution is 9.11.